The molecule has 3 atom stereocenters. The molecule has 0 aliphatic carbocycles. The topological polar surface area (TPSA) is 32.3 Å². The molecule has 3 unspecified atom stereocenters. The molecule has 1 amide bonds. The van der Waals surface area contributed by atoms with Crippen LogP contribution >= 0.6 is 23.4 Å². The molecule has 1 saturated heterocycles. The summed E-state index contributed by atoms with van der Waals surface area (Å²) >= 11 is 7.87. The molecule has 122 valence electrons. The van der Waals surface area contributed by atoms with Crippen LogP contribution in [0.25, 0.3) is 0 Å². The zero-order valence-electron chi connectivity index (χ0n) is 13.5. The van der Waals surface area contributed by atoms with Crippen LogP contribution in [-0.2, 0) is 4.79 Å². The molecule has 22 heavy (non-hydrogen) atoms. The highest BCUT2D eigenvalue weighted by Gasteiger charge is 2.25. The highest BCUT2D eigenvalue weighted by Crippen LogP contribution is 2.24. The van der Waals surface area contributed by atoms with Gasteiger partial charge in [-0.2, -0.15) is 11.8 Å². The Labute approximate surface area is 142 Å². The van der Waals surface area contributed by atoms with Crippen molar-refractivity contribution < 1.29 is 4.79 Å². The Hall–Kier alpha value is -0.710. The maximum Gasteiger partial charge on any atom is 0.224 e. The van der Waals surface area contributed by atoms with Gasteiger partial charge >= 0.3 is 0 Å². The van der Waals surface area contributed by atoms with Crippen molar-refractivity contribution in [3.63, 3.8) is 0 Å². The van der Waals surface area contributed by atoms with Crippen LogP contribution in [0, 0.1) is 0 Å². The minimum Gasteiger partial charge on any atom is -0.342 e. The fourth-order valence-electron chi connectivity index (χ4n) is 2.71. The minimum absolute atomic E-state index is 0.157. The molecule has 0 bridgehead atoms. The highest BCUT2D eigenvalue weighted by molar-refractivity contribution is 7.99. The molecule has 1 aromatic rings. The maximum atomic E-state index is 12.5. The predicted molar refractivity (Wildman–Crippen MR) is 95.8 cm³/mol. The number of halogens is 1. The molecule has 1 aliphatic rings. The number of amides is 1. The number of rotatable bonds is 5. The molecule has 1 aromatic carbocycles. The van der Waals surface area contributed by atoms with Crippen molar-refractivity contribution in [2.24, 2.45) is 0 Å². The van der Waals surface area contributed by atoms with E-state index in [0.29, 0.717) is 12.5 Å². The molecular formula is C17H25ClN2OS. The number of likely N-dealkylation sites (N-methyl/N-ethyl adjacent to an activating group) is 1. The predicted octanol–water partition coefficient (Wildman–Crippen LogP) is 3.39. The Kier molecular flexibility index (Phi) is 6.60. The van der Waals surface area contributed by atoms with Crippen molar-refractivity contribution in [1.82, 2.24) is 10.2 Å². The highest BCUT2D eigenvalue weighted by atomic mass is 35.5. The van der Waals surface area contributed by atoms with Gasteiger partial charge in [-0.05, 0) is 24.6 Å². The van der Waals surface area contributed by atoms with Crippen LogP contribution in [0.5, 0.6) is 0 Å². The van der Waals surface area contributed by atoms with Gasteiger partial charge < -0.3 is 10.2 Å². The fourth-order valence-corrected chi connectivity index (χ4v) is 3.79. The van der Waals surface area contributed by atoms with Crippen molar-refractivity contribution in [2.75, 3.05) is 25.1 Å². The van der Waals surface area contributed by atoms with E-state index in [1.54, 1.807) is 0 Å². The molecule has 5 heteroatoms. The zero-order chi connectivity index (χ0) is 16.1. The third kappa shape index (κ3) is 4.64. The first kappa shape index (κ1) is 17.6. The lowest BCUT2D eigenvalue weighted by atomic mass is 9.93. The second-order valence-electron chi connectivity index (χ2n) is 6.02. The van der Waals surface area contributed by atoms with E-state index in [2.05, 4.69) is 19.2 Å². The number of carbonyl (C=O) groups excluding carboxylic acids is 1. The molecule has 0 spiro atoms. The molecular weight excluding hydrogens is 316 g/mol. The van der Waals surface area contributed by atoms with Crippen molar-refractivity contribution in [2.45, 2.75) is 38.3 Å². The molecule has 0 saturated carbocycles. The SMILES string of the molecule is CC(c1ccc(Cl)cc1)C(C)N(C)C(=O)CC1CSCCN1. The standard InChI is InChI=1S/C17H25ClN2OS/c1-12(14-4-6-15(18)7-5-14)13(2)20(3)17(21)10-16-11-22-9-8-19-16/h4-7,12-13,16,19H,8-11H2,1-3H3. The summed E-state index contributed by atoms with van der Waals surface area (Å²) in [6.45, 7) is 5.27. The summed E-state index contributed by atoms with van der Waals surface area (Å²) in [4.78, 5) is 14.4. The van der Waals surface area contributed by atoms with Crippen molar-refractivity contribution >= 4 is 29.3 Å². The monoisotopic (exact) mass is 340 g/mol. The average Bonchev–Trinajstić information content (AvgIpc) is 2.54. The Balaban J connectivity index is 1.93. The van der Waals surface area contributed by atoms with E-state index in [4.69, 9.17) is 11.6 Å². The Bertz CT molecular complexity index is 488. The number of carbonyl (C=O) groups is 1. The first-order valence-electron chi connectivity index (χ1n) is 7.81. The van der Waals surface area contributed by atoms with Gasteiger partial charge in [0.25, 0.3) is 0 Å². The van der Waals surface area contributed by atoms with Gasteiger partial charge in [0, 0.05) is 54.5 Å². The van der Waals surface area contributed by atoms with Crippen molar-refractivity contribution in [1.29, 1.82) is 0 Å². The molecule has 1 fully saturated rings. The number of hydrogen-bond acceptors (Lipinski definition) is 3. The minimum atomic E-state index is 0.157. The third-order valence-electron chi connectivity index (χ3n) is 4.54. The lowest BCUT2D eigenvalue weighted by Gasteiger charge is -2.32. The lowest BCUT2D eigenvalue weighted by molar-refractivity contribution is -0.132. The third-order valence-corrected chi connectivity index (χ3v) is 5.93. The largest absolute Gasteiger partial charge is 0.342 e. The number of nitrogens with one attached hydrogen (secondary N) is 1. The summed E-state index contributed by atoms with van der Waals surface area (Å²) in [6, 6.07) is 8.37. The summed E-state index contributed by atoms with van der Waals surface area (Å²) in [5.41, 5.74) is 1.21. The van der Waals surface area contributed by atoms with Crippen LogP contribution in [0.15, 0.2) is 24.3 Å². The molecule has 0 aromatic heterocycles. The van der Waals surface area contributed by atoms with Crippen LogP contribution in [0.1, 0.15) is 31.7 Å². The van der Waals surface area contributed by atoms with E-state index in [0.717, 1.165) is 23.1 Å². The van der Waals surface area contributed by atoms with Gasteiger partial charge in [-0.15, -0.1) is 0 Å². The number of thioether (sulfide) groups is 1. The van der Waals surface area contributed by atoms with Gasteiger partial charge in [0.05, 0.1) is 0 Å². The second kappa shape index (κ2) is 8.23. The summed E-state index contributed by atoms with van der Waals surface area (Å²) in [6.07, 6.45) is 0.585. The average molecular weight is 341 g/mol. The molecule has 0 radical (unpaired) electrons. The van der Waals surface area contributed by atoms with Crippen molar-refractivity contribution in [3.05, 3.63) is 34.9 Å². The van der Waals surface area contributed by atoms with Gasteiger partial charge in [-0.3, -0.25) is 4.79 Å². The fraction of sp³-hybridized carbons (Fsp3) is 0.588. The van der Waals surface area contributed by atoms with E-state index < -0.39 is 0 Å². The van der Waals surface area contributed by atoms with Gasteiger partial charge in [0.15, 0.2) is 0 Å². The molecule has 2 rings (SSSR count). The molecule has 1 aliphatic heterocycles. The van der Waals surface area contributed by atoms with Gasteiger partial charge in [-0.1, -0.05) is 30.7 Å². The van der Waals surface area contributed by atoms with Crippen molar-refractivity contribution in [3.8, 4) is 0 Å². The first-order chi connectivity index (χ1) is 10.5. The Morgan fingerprint density at radius 1 is 1.41 bits per heavy atom. The molecule has 1 N–H and O–H groups in total. The van der Waals surface area contributed by atoms with Crippen LogP contribution in [0.3, 0.4) is 0 Å². The summed E-state index contributed by atoms with van der Waals surface area (Å²) in [5, 5.41) is 4.17. The molecule has 1 heterocycles. The van der Waals surface area contributed by atoms with Gasteiger partial charge in [0.1, 0.15) is 0 Å². The number of nitrogens with zero attached hydrogens (tertiary/aromatic N) is 1. The number of hydrogen-bond donors (Lipinski definition) is 1. The van der Waals surface area contributed by atoms with Gasteiger partial charge in [0.2, 0.25) is 5.91 Å². The maximum absolute atomic E-state index is 12.5. The normalized spacial score (nSPS) is 21.2. The molecule has 3 nitrogen and oxygen atoms in total. The second-order valence-corrected chi connectivity index (χ2v) is 7.60. The van der Waals surface area contributed by atoms with Gasteiger partial charge in [-0.25, -0.2) is 0 Å². The van der Waals surface area contributed by atoms with E-state index in [1.807, 2.05) is 48.0 Å². The van der Waals surface area contributed by atoms with Crippen LogP contribution in [-0.4, -0.2) is 48.0 Å². The first-order valence-corrected chi connectivity index (χ1v) is 9.34. The summed E-state index contributed by atoms with van der Waals surface area (Å²) < 4.78 is 0. The smallest absolute Gasteiger partial charge is 0.224 e. The zero-order valence-corrected chi connectivity index (χ0v) is 15.1. The van der Waals surface area contributed by atoms with E-state index in [-0.39, 0.29) is 17.9 Å². The van der Waals surface area contributed by atoms with Crippen LogP contribution < -0.4 is 5.32 Å². The summed E-state index contributed by atoms with van der Waals surface area (Å²) in [5.74, 6) is 2.67. The van der Waals surface area contributed by atoms with E-state index >= 15 is 0 Å². The quantitative estimate of drug-likeness (QED) is 0.891. The Morgan fingerprint density at radius 3 is 2.68 bits per heavy atom. The summed E-state index contributed by atoms with van der Waals surface area (Å²) in [7, 11) is 1.91. The van der Waals surface area contributed by atoms with Crippen LogP contribution in [0.2, 0.25) is 5.02 Å². The lowest BCUT2D eigenvalue weighted by Crippen LogP contribution is -2.44. The Morgan fingerprint density at radius 2 is 2.09 bits per heavy atom. The van der Waals surface area contributed by atoms with Crippen LogP contribution in [0.4, 0.5) is 0 Å². The number of benzene rings is 1. The van der Waals surface area contributed by atoms with E-state index in [1.165, 1.54) is 5.56 Å². The van der Waals surface area contributed by atoms with E-state index in [9.17, 15) is 4.79 Å².